The van der Waals surface area contributed by atoms with E-state index in [4.69, 9.17) is 9.47 Å². The lowest BCUT2D eigenvalue weighted by Crippen LogP contribution is -2.19. The molecule has 2 nitrogen and oxygen atoms in total. The van der Waals surface area contributed by atoms with E-state index in [0.717, 1.165) is 11.5 Å². The smallest absolute Gasteiger partial charge is 0.119 e. The van der Waals surface area contributed by atoms with Crippen molar-refractivity contribution in [3.63, 3.8) is 0 Å². The average Bonchev–Trinajstić information content (AvgIpc) is 2.80. The van der Waals surface area contributed by atoms with Gasteiger partial charge in [-0.15, -0.1) is 0 Å². The zero-order valence-electron chi connectivity index (χ0n) is 18.0. The summed E-state index contributed by atoms with van der Waals surface area (Å²) >= 11 is 0. The lowest BCUT2D eigenvalue weighted by Gasteiger charge is -2.23. The number of hydrogen-bond donors (Lipinski definition) is 0. The van der Waals surface area contributed by atoms with E-state index >= 15 is 0 Å². The molecule has 2 aromatic carbocycles. The number of hydrogen-bond acceptors (Lipinski definition) is 2. The first-order valence-corrected chi connectivity index (χ1v) is 11.7. The summed E-state index contributed by atoms with van der Waals surface area (Å²) in [7, 11) is 0. The average molecular weight is 403 g/mol. The molecule has 0 bridgehead atoms. The van der Waals surface area contributed by atoms with Crippen molar-refractivity contribution < 1.29 is 9.47 Å². The third kappa shape index (κ3) is 5.56. The van der Waals surface area contributed by atoms with Gasteiger partial charge in [-0.1, -0.05) is 55.8 Å². The van der Waals surface area contributed by atoms with Crippen molar-refractivity contribution in [2.24, 2.45) is 0 Å². The molecule has 0 amide bonds. The normalized spacial score (nSPS) is 17.9. The van der Waals surface area contributed by atoms with Gasteiger partial charge in [0.15, 0.2) is 0 Å². The SMILES string of the molecule is C=CC=C(c1ccc(OC2CCCCC2)cc1)c1ccc(OC2CCCCC2)cc1. The van der Waals surface area contributed by atoms with Crippen LogP contribution in [-0.2, 0) is 0 Å². The molecule has 0 radical (unpaired) electrons. The fraction of sp³-hybridized carbons (Fsp3) is 0.429. The second-order valence-corrected chi connectivity index (χ2v) is 8.62. The maximum Gasteiger partial charge on any atom is 0.119 e. The quantitative estimate of drug-likeness (QED) is 0.441. The highest BCUT2D eigenvalue weighted by atomic mass is 16.5. The first-order chi connectivity index (χ1) is 14.8. The molecule has 2 heteroatoms. The number of rotatable bonds is 7. The number of ether oxygens (including phenoxy) is 2. The monoisotopic (exact) mass is 402 g/mol. The molecule has 0 N–H and O–H groups in total. The third-order valence-corrected chi connectivity index (χ3v) is 6.33. The number of benzene rings is 2. The highest BCUT2D eigenvalue weighted by Crippen LogP contribution is 2.30. The van der Waals surface area contributed by atoms with Gasteiger partial charge in [0.2, 0.25) is 0 Å². The van der Waals surface area contributed by atoms with E-state index in [1.165, 1.54) is 80.9 Å². The van der Waals surface area contributed by atoms with Gasteiger partial charge < -0.3 is 9.47 Å². The maximum absolute atomic E-state index is 6.19. The van der Waals surface area contributed by atoms with Crippen LogP contribution < -0.4 is 9.47 Å². The van der Waals surface area contributed by atoms with Gasteiger partial charge in [-0.2, -0.15) is 0 Å². The summed E-state index contributed by atoms with van der Waals surface area (Å²) in [5.74, 6) is 1.94. The van der Waals surface area contributed by atoms with Crippen LogP contribution in [0.15, 0.2) is 67.3 Å². The molecule has 2 aliphatic rings. The predicted molar refractivity (Wildman–Crippen MR) is 125 cm³/mol. The van der Waals surface area contributed by atoms with E-state index in [9.17, 15) is 0 Å². The van der Waals surface area contributed by atoms with Crippen LogP contribution in [0.25, 0.3) is 5.57 Å². The van der Waals surface area contributed by atoms with Crippen molar-refractivity contribution in [2.45, 2.75) is 76.4 Å². The summed E-state index contributed by atoms with van der Waals surface area (Å²) in [6.45, 7) is 3.92. The van der Waals surface area contributed by atoms with Gasteiger partial charge in [-0.3, -0.25) is 0 Å². The van der Waals surface area contributed by atoms with Crippen molar-refractivity contribution in [1.29, 1.82) is 0 Å². The van der Waals surface area contributed by atoms with E-state index in [0.29, 0.717) is 12.2 Å². The molecule has 0 aromatic heterocycles. The second kappa shape index (κ2) is 10.5. The lowest BCUT2D eigenvalue weighted by molar-refractivity contribution is 0.155. The Balaban J connectivity index is 1.43. The van der Waals surface area contributed by atoms with Crippen molar-refractivity contribution in [1.82, 2.24) is 0 Å². The maximum atomic E-state index is 6.19. The fourth-order valence-electron chi connectivity index (χ4n) is 4.65. The summed E-state index contributed by atoms with van der Waals surface area (Å²) < 4.78 is 12.4. The molecule has 30 heavy (non-hydrogen) atoms. The summed E-state index contributed by atoms with van der Waals surface area (Å²) in [4.78, 5) is 0. The zero-order valence-corrected chi connectivity index (χ0v) is 18.0. The van der Waals surface area contributed by atoms with Crippen LogP contribution in [0, 0.1) is 0 Å². The predicted octanol–water partition coefficient (Wildman–Crippen LogP) is 7.73. The van der Waals surface area contributed by atoms with Crippen molar-refractivity contribution in [3.8, 4) is 11.5 Å². The minimum atomic E-state index is 0.379. The molecule has 4 rings (SSSR count). The largest absolute Gasteiger partial charge is 0.490 e. The Morgan fingerprint density at radius 1 is 0.633 bits per heavy atom. The fourth-order valence-corrected chi connectivity index (χ4v) is 4.65. The standard InChI is InChI=1S/C28H34O2/c1-2-9-28(22-14-18-26(19-15-22)29-24-10-5-3-6-11-24)23-16-20-27(21-17-23)30-25-12-7-4-8-13-25/h2,9,14-21,24-25H,1,3-8,10-13H2. The Morgan fingerprint density at radius 3 is 1.40 bits per heavy atom. The van der Waals surface area contributed by atoms with Crippen LogP contribution >= 0.6 is 0 Å². The van der Waals surface area contributed by atoms with Crippen LogP contribution in [0.2, 0.25) is 0 Å². The highest BCUT2D eigenvalue weighted by Gasteiger charge is 2.16. The molecule has 2 aromatic rings. The molecule has 0 heterocycles. The van der Waals surface area contributed by atoms with Crippen LogP contribution in [0.5, 0.6) is 11.5 Å². The molecule has 0 aliphatic heterocycles. The molecule has 0 saturated heterocycles. The van der Waals surface area contributed by atoms with E-state index in [2.05, 4.69) is 61.2 Å². The highest BCUT2D eigenvalue weighted by molar-refractivity contribution is 5.81. The minimum Gasteiger partial charge on any atom is -0.490 e. The van der Waals surface area contributed by atoms with Gasteiger partial charge in [-0.25, -0.2) is 0 Å². The van der Waals surface area contributed by atoms with Crippen molar-refractivity contribution in [3.05, 3.63) is 78.4 Å². The first kappa shape index (κ1) is 20.8. The van der Waals surface area contributed by atoms with Crippen molar-refractivity contribution in [2.75, 3.05) is 0 Å². The Labute approximate surface area is 181 Å². The van der Waals surface area contributed by atoms with Gasteiger partial charge in [0, 0.05) is 0 Å². The van der Waals surface area contributed by atoms with Gasteiger partial charge in [-0.05, 0) is 92.3 Å². The van der Waals surface area contributed by atoms with Gasteiger partial charge >= 0.3 is 0 Å². The van der Waals surface area contributed by atoms with Crippen molar-refractivity contribution >= 4 is 5.57 Å². The Morgan fingerprint density at radius 2 is 1.03 bits per heavy atom. The zero-order chi connectivity index (χ0) is 20.6. The minimum absolute atomic E-state index is 0.379. The second-order valence-electron chi connectivity index (χ2n) is 8.62. The van der Waals surface area contributed by atoms with E-state index in [1.54, 1.807) is 0 Å². The van der Waals surface area contributed by atoms with Gasteiger partial charge in [0.05, 0.1) is 12.2 Å². The van der Waals surface area contributed by atoms with E-state index < -0.39 is 0 Å². The molecule has 0 atom stereocenters. The van der Waals surface area contributed by atoms with E-state index in [-0.39, 0.29) is 0 Å². The number of allylic oxidation sites excluding steroid dienone is 2. The summed E-state index contributed by atoms with van der Waals surface area (Å²) in [6.07, 6.45) is 17.2. The Bertz CT molecular complexity index is 754. The molecule has 2 aliphatic carbocycles. The summed E-state index contributed by atoms with van der Waals surface area (Å²) in [6, 6.07) is 17.0. The first-order valence-electron chi connectivity index (χ1n) is 11.7. The Hall–Kier alpha value is -2.48. The summed E-state index contributed by atoms with van der Waals surface area (Å²) in [5.41, 5.74) is 3.51. The van der Waals surface area contributed by atoms with E-state index in [1.807, 2.05) is 6.08 Å². The van der Waals surface area contributed by atoms with Crippen LogP contribution in [0.3, 0.4) is 0 Å². The Kier molecular flexibility index (Phi) is 7.29. The molecular weight excluding hydrogens is 368 g/mol. The van der Waals surface area contributed by atoms with Crippen LogP contribution in [0.1, 0.15) is 75.3 Å². The van der Waals surface area contributed by atoms with Gasteiger partial charge in [0.1, 0.15) is 11.5 Å². The van der Waals surface area contributed by atoms with Crippen LogP contribution in [0.4, 0.5) is 0 Å². The summed E-state index contributed by atoms with van der Waals surface area (Å²) in [5, 5.41) is 0. The van der Waals surface area contributed by atoms with Crippen LogP contribution in [-0.4, -0.2) is 12.2 Å². The molecule has 0 unspecified atom stereocenters. The molecule has 2 fully saturated rings. The molecule has 0 spiro atoms. The van der Waals surface area contributed by atoms with Gasteiger partial charge in [0.25, 0.3) is 0 Å². The molecule has 158 valence electrons. The lowest BCUT2D eigenvalue weighted by atomic mass is 9.96. The third-order valence-electron chi connectivity index (χ3n) is 6.33. The molecular formula is C28H34O2. The topological polar surface area (TPSA) is 18.5 Å². The molecule has 2 saturated carbocycles.